The van der Waals surface area contributed by atoms with Crippen LogP contribution in [-0.4, -0.2) is 41.5 Å². The Morgan fingerprint density at radius 2 is 1.64 bits per heavy atom. The summed E-state index contributed by atoms with van der Waals surface area (Å²) >= 11 is 0. The number of fused-ring (bicyclic) bond motifs is 5. The monoisotopic (exact) mass is 528 g/mol. The van der Waals surface area contributed by atoms with Gasteiger partial charge in [-0.3, -0.25) is 4.55 Å². The fraction of sp³-hybridized carbons (Fsp3) is 1.00. The Hall–Kier alpha value is -0.210. The van der Waals surface area contributed by atoms with Crippen LogP contribution < -0.4 is 0 Å². The second-order valence-electron chi connectivity index (χ2n) is 14.3. The van der Waals surface area contributed by atoms with E-state index in [2.05, 4.69) is 27.7 Å². The molecule has 11 atom stereocenters. The average Bonchev–Trinajstić information content (AvgIpc) is 3.14. The van der Waals surface area contributed by atoms with Gasteiger partial charge in [-0.1, -0.05) is 48.0 Å². The molecule has 4 aliphatic carbocycles. The van der Waals surface area contributed by atoms with Gasteiger partial charge in [0.1, 0.15) is 5.60 Å². The zero-order valence-electron chi connectivity index (χ0n) is 23.4. The van der Waals surface area contributed by atoms with E-state index in [1.54, 1.807) is 0 Å². The van der Waals surface area contributed by atoms with Crippen LogP contribution in [0.25, 0.3) is 0 Å². The molecule has 4 aliphatic rings. The van der Waals surface area contributed by atoms with Crippen molar-refractivity contribution in [3.05, 3.63) is 0 Å². The molecular formula is C29H52O6S. The largest absolute Gasteiger partial charge is 0.397 e. The topological polar surface area (TPSA) is 104 Å². The molecule has 0 aromatic rings. The van der Waals surface area contributed by atoms with Crippen molar-refractivity contribution in [3.63, 3.8) is 0 Å². The third-order valence-electron chi connectivity index (χ3n) is 12.3. The van der Waals surface area contributed by atoms with E-state index in [1.807, 2.05) is 13.8 Å². The third kappa shape index (κ3) is 4.94. The summed E-state index contributed by atoms with van der Waals surface area (Å²) < 4.78 is 37.6. The summed E-state index contributed by atoms with van der Waals surface area (Å²) in [4.78, 5) is 0. The number of rotatable bonds is 8. The molecule has 0 radical (unpaired) electrons. The molecule has 0 bridgehead atoms. The number of hydrogen-bond acceptors (Lipinski definition) is 5. The van der Waals surface area contributed by atoms with Crippen molar-refractivity contribution in [2.75, 3.05) is 6.61 Å². The standard InChI is InChI=1S/C29H52O6S/c1-18(2)29(17-30,35-36(32,33)34)14-10-20(4)22-7-8-23-26-24(11-13-28(22,23)6)27(5)12-9-19(3)15-21(27)16-25(26)31/h18-26,30-31H,7-17H2,1-6H3,(H,32,33,34)/t19-,20+,21+,22?,23?,24?,25+,26?,27-,28+,29?/m0/s1. The van der Waals surface area contributed by atoms with E-state index in [9.17, 15) is 23.2 Å². The first-order chi connectivity index (χ1) is 16.7. The SMILES string of the molecule is CC(C)C(CO)(CC[C@@H](C)C1CCC2C3C(CC[C@@]21C)[C@@]1(C)CC[C@H](C)C[C@@H]1C[C@H]3O)OS(=O)(=O)O. The molecule has 0 aliphatic heterocycles. The van der Waals surface area contributed by atoms with Crippen LogP contribution in [0.1, 0.15) is 106 Å². The maximum absolute atomic E-state index is 11.6. The van der Waals surface area contributed by atoms with Crippen LogP contribution in [0.5, 0.6) is 0 Å². The first-order valence-electron chi connectivity index (χ1n) is 14.6. The predicted octanol–water partition coefficient (Wildman–Crippen LogP) is 5.88. The predicted molar refractivity (Wildman–Crippen MR) is 141 cm³/mol. The molecule has 0 amide bonds. The lowest BCUT2D eigenvalue weighted by molar-refractivity contribution is -0.169. The molecular weight excluding hydrogens is 476 g/mol. The molecule has 4 rings (SSSR count). The highest BCUT2D eigenvalue weighted by Gasteiger charge is 2.62. The van der Waals surface area contributed by atoms with E-state index in [-0.39, 0.29) is 17.4 Å². The second-order valence-corrected chi connectivity index (χ2v) is 15.3. The van der Waals surface area contributed by atoms with Crippen molar-refractivity contribution < 1.29 is 27.4 Å². The minimum absolute atomic E-state index is 0.177. The van der Waals surface area contributed by atoms with Crippen LogP contribution >= 0.6 is 0 Å². The molecule has 6 nitrogen and oxygen atoms in total. The van der Waals surface area contributed by atoms with Gasteiger partial charge in [0.05, 0.1) is 12.7 Å². The van der Waals surface area contributed by atoms with Gasteiger partial charge in [-0.05, 0) is 116 Å². The normalized spacial score (nSPS) is 45.4. The Labute approximate surface area is 219 Å². The van der Waals surface area contributed by atoms with Gasteiger partial charge in [0.2, 0.25) is 0 Å². The average molecular weight is 529 g/mol. The number of aliphatic hydroxyl groups excluding tert-OH is 2. The first-order valence-corrected chi connectivity index (χ1v) is 16.0. The Balaban J connectivity index is 1.50. The zero-order valence-corrected chi connectivity index (χ0v) is 24.3. The summed E-state index contributed by atoms with van der Waals surface area (Å²) in [6, 6.07) is 0. The first kappa shape index (κ1) is 28.8. The molecule has 5 unspecified atom stereocenters. The minimum Gasteiger partial charge on any atom is -0.393 e. The summed E-state index contributed by atoms with van der Waals surface area (Å²) in [5.74, 6) is 3.57. The van der Waals surface area contributed by atoms with Crippen LogP contribution in [0.2, 0.25) is 0 Å². The van der Waals surface area contributed by atoms with Crippen molar-refractivity contribution in [2.45, 2.75) is 117 Å². The molecule has 210 valence electrons. The van der Waals surface area contributed by atoms with E-state index in [1.165, 1.54) is 32.1 Å². The van der Waals surface area contributed by atoms with Gasteiger partial charge in [-0.25, -0.2) is 4.18 Å². The van der Waals surface area contributed by atoms with Crippen LogP contribution in [0, 0.1) is 58.2 Å². The highest BCUT2D eigenvalue weighted by Crippen LogP contribution is 2.68. The van der Waals surface area contributed by atoms with Crippen LogP contribution in [0.4, 0.5) is 0 Å². The van der Waals surface area contributed by atoms with Crippen molar-refractivity contribution in [1.82, 2.24) is 0 Å². The van der Waals surface area contributed by atoms with Gasteiger partial charge in [-0.2, -0.15) is 8.42 Å². The maximum Gasteiger partial charge on any atom is 0.397 e. The van der Waals surface area contributed by atoms with Gasteiger partial charge >= 0.3 is 10.4 Å². The van der Waals surface area contributed by atoms with Crippen molar-refractivity contribution >= 4 is 10.4 Å². The van der Waals surface area contributed by atoms with Crippen LogP contribution in [0.3, 0.4) is 0 Å². The van der Waals surface area contributed by atoms with E-state index >= 15 is 0 Å². The smallest absolute Gasteiger partial charge is 0.393 e. The van der Waals surface area contributed by atoms with E-state index in [0.717, 1.165) is 31.6 Å². The van der Waals surface area contributed by atoms with E-state index in [4.69, 9.17) is 4.18 Å². The lowest BCUT2D eigenvalue weighted by Gasteiger charge is -2.62. The Morgan fingerprint density at radius 1 is 1.00 bits per heavy atom. The van der Waals surface area contributed by atoms with Gasteiger partial charge in [-0.15, -0.1) is 0 Å². The minimum atomic E-state index is -4.66. The molecule has 0 aromatic heterocycles. The molecule has 4 fully saturated rings. The number of hydrogen-bond donors (Lipinski definition) is 3. The number of aliphatic hydroxyl groups is 2. The molecule has 0 spiro atoms. The molecule has 4 saturated carbocycles. The van der Waals surface area contributed by atoms with Gasteiger partial charge in [0.25, 0.3) is 0 Å². The third-order valence-corrected chi connectivity index (χ3v) is 12.9. The fourth-order valence-corrected chi connectivity index (χ4v) is 10.8. The quantitative estimate of drug-likeness (QED) is 0.340. The Morgan fingerprint density at radius 3 is 2.25 bits per heavy atom. The van der Waals surface area contributed by atoms with Gasteiger partial charge < -0.3 is 10.2 Å². The lowest BCUT2D eigenvalue weighted by atomic mass is 9.43. The zero-order chi connectivity index (χ0) is 26.7. The maximum atomic E-state index is 11.6. The van der Waals surface area contributed by atoms with Crippen LogP contribution in [0.15, 0.2) is 0 Å². The van der Waals surface area contributed by atoms with Crippen molar-refractivity contribution in [1.29, 1.82) is 0 Å². The fourth-order valence-electron chi connectivity index (χ4n) is 10.0. The van der Waals surface area contributed by atoms with Gasteiger partial charge in [0.15, 0.2) is 0 Å². The summed E-state index contributed by atoms with van der Waals surface area (Å²) in [6.45, 7) is 12.8. The van der Waals surface area contributed by atoms with E-state index < -0.39 is 22.6 Å². The van der Waals surface area contributed by atoms with E-state index in [0.29, 0.717) is 47.3 Å². The summed E-state index contributed by atoms with van der Waals surface area (Å²) in [6.07, 6.45) is 10.5. The molecule has 36 heavy (non-hydrogen) atoms. The van der Waals surface area contributed by atoms with Crippen molar-refractivity contribution in [3.8, 4) is 0 Å². The highest BCUT2D eigenvalue weighted by atomic mass is 32.3. The second kappa shape index (κ2) is 10.1. The van der Waals surface area contributed by atoms with Crippen LogP contribution in [-0.2, 0) is 14.6 Å². The summed E-state index contributed by atoms with van der Waals surface area (Å²) in [7, 11) is -4.66. The molecule has 0 saturated heterocycles. The van der Waals surface area contributed by atoms with Gasteiger partial charge in [0, 0.05) is 0 Å². The Kier molecular flexibility index (Phi) is 8.06. The highest BCUT2D eigenvalue weighted by molar-refractivity contribution is 7.80. The molecule has 0 aromatic carbocycles. The molecule has 3 N–H and O–H groups in total. The molecule has 7 heteroatoms. The Bertz CT molecular complexity index is 890. The summed E-state index contributed by atoms with van der Waals surface area (Å²) in [5, 5.41) is 21.6. The lowest BCUT2D eigenvalue weighted by Crippen LogP contribution is -2.58. The summed E-state index contributed by atoms with van der Waals surface area (Å²) in [5.41, 5.74) is -0.761. The molecule has 0 heterocycles. The van der Waals surface area contributed by atoms with Crippen molar-refractivity contribution in [2.24, 2.45) is 58.2 Å².